The fourth-order valence-corrected chi connectivity index (χ4v) is 4.42. The van der Waals surface area contributed by atoms with Crippen LogP contribution in [0.25, 0.3) is 0 Å². The molecule has 1 saturated carbocycles. The number of carbonyl (C=O) groups excluding carboxylic acids is 2. The first-order chi connectivity index (χ1) is 18.5. The third-order valence-electron chi connectivity index (χ3n) is 4.71. The molecule has 4 unspecified atom stereocenters. The molecule has 19 heteroatoms. The van der Waals surface area contributed by atoms with Gasteiger partial charge in [-0.1, -0.05) is 49.2 Å². The fraction of sp³-hybridized carbons (Fsp3) is 0.364. The zero-order valence-electron chi connectivity index (χ0n) is 21.7. The average Bonchev–Trinajstić information content (AvgIpc) is 2.86. The fourth-order valence-electron chi connectivity index (χ4n) is 2.96. The van der Waals surface area contributed by atoms with Crippen LogP contribution < -0.4 is 21.7 Å². The third kappa shape index (κ3) is 21.1. The van der Waals surface area contributed by atoms with Gasteiger partial charge in [0.1, 0.15) is 0 Å². The summed E-state index contributed by atoms with van der Waals surface area (Å²) in [5, 5.41) is 50.5. The molecule has 4 atom stereocenters. The molecule has 0 saturated heterocycles. The van der Waals surface area contributed by atoms with E-state index in [0.29, 0.717) is 9.79 Å². The molecule has 0 radical (unpaired) electrons. The minimum atomic E-state index is -1.75. The monoisotopic (exact) mass is 799 g/mol. The predicted molar refractivity (Wildman–Crippen MR) is 141 cm³/mol. The van der Waals surface area contributed by atoms with E-state index in [9.17, 15) is 28.2 Å². The average molecular weight is 800 g/mol. The Labute approximate surface area is 254 Å². The number of hydrogen-bond donors (Lipinski definition) is 2. The largest absolute Gasteiger partial charge is 4.00 e. The number of benzene rings is 2. The molecule has 3 rings (SSSR count). The number of carboxylic acid groups (broad SMARTS) is 2. The molecule has 0 amide bonds. The van der Waals surface area contributed by atoms with Crippen molar-refractivity contribution in [1.29, 1.82) is 0 Å². The summed E-state index contributed by atoms with van der Waals surface area (Å²) < 4.78 is 22.0. The Morgan fingerprint density at radius 3 is 1.12 bits per heavy atom. The summed E-state index contributed by atoms with van der Waals surface area (Å²) in [4.78, 5) is 38.1. The molecule has 16 nitrogen and oxygen atoms in total. The number of carbonyl (C=O) groups is 2. The molecule has 1 aliphatic carbocycles. The van der Waals surface area contributed by atoms with E-state index in [-0.39, 0.29) is 44.3 Å². The summed E-state index contributed by atoms with van der Waals surface area (Å²) in [5.41, 5.74) is 11.3. The van der Waals surface area contributed by atoms with Gasteiger partial charge in [-0.05, 0) is 25.0 Å². The first kappa shape index (κ1) is 42.2. The molecule has 2 aromatic carbocycles. The number of nitrogens with zero attached hydrogens (tertiary/aromatic N) is 2. The van der Waals surface area contributed by atoms with Crippen LogP contribution in [0.4, 0.5) is 0 Å². The van der Waals surface area contributed by atoms with E-state index >= 15 is 0 Å². The van der Waals surface area contributed by atoms with Gasteiger partial charge < -0.3 is 61.9 Å². The van der Waals surface area contributed by atoms with Crippen LogP contribution in [-0.4, -0.2) is 55.1 Å². The van der Waals surface area contributed by atoms with E-state index < -0.39 is 43.7 Å². The van der Waals surface area contributed by atoms with Gasteiger partial charge in [0.15, 0.2) is 0 Å². The maximum Gasteiger partial charge on any atom is 4.00 e. The molecule has 2 aromatic rings. The van der Waals surface area contributed by atoms with Crippen molar-refractivity contribution in [3.63, 3.8) is 0 Å². The SMILES string of the molecule is CS(=O)c1ccccc1C(=O)[O-].CS(=O)c1ccccc1C(=O)[O-].NC1CCCCC1N.O=[N+]([O-])[O-].O=[N+]([O-])[O-].[Pt+4]. The number of aromatic carboxylic acids is 2. The van der Waals surface area contributed by atoms with Crippen molar-refractivity contribution in [1.82, 2.24) is 0 Å². The van der Waals surface area contributed by atoms with Crippen LogP contribution in [0.3, 0.4) is 0 Å². The Morgan fingerprint density at radius 1 is 0.707 bits per heavy atom. The molecule has 0 spiro atoms. The minimum Gasteiger partial charge on any atom is -0.545 e. The first-order valence-electron chi connectivity index (χ1n) is 10.9. The number of nitrogens with two attached hydrogens (primary N) is 2. The molecule has 4 N–H and O–H groups in total. The topological polar surface area (TPSA) is 299 Å². The van der Waals surface area contributed by atoms with Crippen LogP contribution in [-0.2, 0) is 42.7 Å². The maximum absolute atomic E-state index is 11.0. The molecule has 41 heavy (non-hydrogen) atoms. The molecule has 0 aromatic heterocycles. The Hall–Kier alpha value is -3.31. The van der Waals surface area contributed by atoms with E-state index in [1.54, 1.807) is 24.3 Å². The first-order valence-corrected chi connectivity index (χ1v) is 14.1. The van der Waals surface area contributed by atoms with Crippen LogP contribution in [0.15, 0.2) is 58.3 Å². The van der Waals surface area contributed by atoms with Crippen molar-refractivity contribution in [3.8, 4) is 0 Å². The van der Waals surface area contributed by atoms with Crippen LogP contribution in [0.2, 0.25) is 0 Å². The van der Waals surface area contributed by atoms with E-state index in [4.69, 9.17) is 42.1 Å². The quantitative estimate of drug-likeness (QED) is 0.286. The summed E-state index contributed by atoms with van der Waals surface area (Å²) in [5.74, 6) is -2.58. The Bertz CT molecular complexity index is 1010. The number of rotatable bonds is 4. The van der Waals surface area contributed by atoms with Crippen molar-refractivity contribution in [2.24, 2.45) is 11.5 Å². The summed E-state index contributed by atoms with van der Waals surface area (Å²) in [6.07, 6.45) is 7.66. The van der Waals surface area contributed by atoms with Gasteiger partial charge in [-0.25, -0.2) is 0 Å². The number of carboxylic acids is 2. The van der Waals surface area contributed by atoms with Crippen molar-refractivity contribution in [3.05, 3.63) is 90.3 Å². The Morgan fingerprint density at radius 2 is 0.951 bits per heavy atom. The minimum absolute atomic E-state index is 0. The second-order valence-corrected chi connectivity index (χ2v) is 10.2. The molecule has 0 heterocycles. The molecular weight excluding hydrogens is 771 g/mol. The van der Waals surface area contributed by atoms with E-state index in [1.165, 1.54) is 49.6 Å². The van der Waals surface area contributed by atoms with Gasteiger partial charge in [0.2, 0.25) is 0 Å². The van der Waals surface area contributed by atoms with E-state index in [0.717, 1.165) is 12.8 Å². The van der Waals surface area contributed by atoms with Gasteiger partial charge in [0, 0.05) is 45.5 Å². The van der Waals surface area contributed by atoms with Crippen molar-refractivity contribution in [2.45, 2.75) is 47.6 Å². The second-order valence-electron chi connectivity index (χ2n) is 7.53. The molecule has 0 aliphatic heterocycles. The van der Waals surface area contributed by atoms with Gasteiger partial charge >= 0.3 is 21.1 Å². The van der Waals surface area contributed by atoms with Crippen LogP contribution in [0.5, 0.6) is 0 Å². The van der Waals surface area contributed by atoms with Gasteiger partial charge in [-0.15, -0.1) is 0 Å². The molecule has 0 bridgehead atoms. The predicted octanol–water partition coefficient (Wildman–Crippen LogP) is -0.691. The van der Waals surface area contributed by atoms with Crippen LogP contribution in [0.1, 0.15) is 46.4 Å². The van der Waals surface area contributed by atoms with E-state index in [2.05, 4.69) is 0 Å². The zero-order chi connectivity index (χ0) is 31.4. The van der Waals surface area contributed by atoms with Crippen molar-refractivity contribution < 1.29 is 59.5 Å². The summed E-state index contributed by atoms with van der Waals surface area (Å²) in [7, 11) is -2.56. The zero-order valence-corrected chi connectivity index (χ0v) is 25.6. The van der Waals surface area contributed by atoms with E-state index in [1.807, 2.05) is 0 Å². The van der Waals surface area contributed by atoms with Gasteiger partial charge in [-0.3, -0.25) is 8.42 Å². The van der Waals surface area contributed by atoms with Gasteiger partial charge in [0.05, 0.1) is 43.7 Å². The van der Waals surface area contributed by atoms with Crippen molar-refractivity contribution >= 4 is 33.5 Å². The normalized spacial score (nSPS) is 16.2. The third-order valence-corrected chi connectivity index (χ3v) is 6.66. The second kappa shape index (κ2) is 23.4. The standard InChI is InChI=1S/2C8H8O3S.C6H14N2.2NO3.Pt/c2*1-12(11)7-5-3-2-4-6(7)8(9)10;7-5-3-1-2-4-6(5)8;2*2-1(3)4;/h2*2-5H,1H3,(H,9,10);5-6H,1-4,7-8H2;;;/q;;;2*-1;+4/p-2. The Kier molecular flexibility index (Phi) is 24.1. The summed E-state index contributed by atoms with van der Waals surface area (Å²) in [6.45, 7) is 0. The van der Waals surface area contributed by atoms with Gasteiger partial charge in [-0.2, -0.15) is 0 Å². The Balaban J connectivity index is -0.000000468. The smallest absolute Gasteiger partial charge is 0.545 e. The summed E-state index contributed by atoms with van der Waals surface area (Å²) in [6, 6.07) is 12.8. The number of hydrogen-bond acceptors (Lipinski definition) is 14. The molecule has 230 valence electrons. The molecule has 1 aliphatic rings. The van der Waals surface area contributed by atoms with Gasteiger partial charge in [0.25, 0.3) is 0 Å². The van der Waals surface area contributed by atoms with Crippen LogP contribution in [0, 0.1) is 30.6 Å². The molecular formula is C22H28N4O12PtS2. The van der Waals surface area contributed by atoms with Crippen LogP contribution >= 0.6 is 0 Å². The summed E-state index contributed by atoms with van der Waals surface area (Å²) >= 11 is 0. The molecule has 1 fully saturated rings. The maximum atomic E-state index is 11.0. The van der Waals surface area contributed by atoms with Crippen molar-refractivity contribution in [2.75, 3.05) is 12.5 Å².